The van der Waals surface area contributed by atoms with Gasteiger partial charge in [0.1, 0.15) is 6.61 Å². The second kappa shape index (κ2) is 8.34. The monoisotopic (exact) mass is 346 g/mol. The lowest BCUT2D eigenvalue weighted by Crippen LogP contribution is -2.57. The number of methoxy groups -OCH3 is 1. The first-order chi connectivity index (χ1) is 12.2. The summed E-state index contributed by atoms with van der Waals surface area (Å²) in [5.74, 6) is 1.03. The fourth-order valence-corrected chi connectivity index (χ4v) is 4.00. The van der Waals surface area contributed by atoms with Gasteiger partial charge in [0.25, 0.3) is 0 Å². The third-order valence-corrected chi connectivity index (χ3v) is 5.31. The Balaban J connectivity index is 1.53. The van der Waals surface area contributed by atoms with Crippen LogP contribution in [0.2, 0.25) is 0 Å². The highest BCUT2D eigenvalue weighted by Crippen LogP contribution is 2.34. The molecular weight excluding hydrogens is 320 g/mol. The van der Waals surface area contributed by atoms with E-state index in [4.69, 9.17) is 9.47 Å². The highest BCUT2D eigenvalue weighted by atomic mass is 16.6. The number of ether oxygens (including phenoxy) is 2. The maximum atomic E-state index is 12.4. The fraction of sp³-hybridized carbons (Fsp3) is 0.579. The summed E-state index contributed by atoms with van der Waals surface area (Å²) < 4.78 is 10.2. The molecule has 2 atom stereocenters. The van der Waals surface area contributed by atoms with Crippen LogP contribution >= 0.6 is 0 Å². The van der Waals surface area contributed by atoms with E-state index in [1.165, 1.54) is 7.11 Å². The second-order valence-corrected chi connectivity index (χ2v) is 6.90. The molecule has 0 radical (unpaired) electrons. The van der Waals surface area contributed by atoms with E-state index in [-0.39, 0.29) is 12.1 Å². The molecule has 6 heteroatoms. The van der Waals surface area contributed by atoms with E-state index in [0.717, 1.165) is 25.1 Å². The normalized spacial score (nSPS) is 25.3. The van der Waals surface area contributed by atoms with Gasteiger partial charge in [-0.3, -0.25) is 4.79 Å². The van der Waals surface area contributed by atoms with E-state index in [1.54, 1.807) is 0 Å². The molecule has 3 rings (SSSR count). The molecule has 1 N–H and O–H groups in total. The Morgan fingerprint density at radius 2 is 1.84 bits per heavy atom. The van der Waals surface area contributed by atoms with Gasteiger partial charge in [0.05, 0.1) is 7.11 Å². The zero-order chi connectivity index (χ0) is 17.6. The van der Waals surface area contributed by atoms with Crippen LogP contribution in [0.15, 0.2) is 30.3 Å². The predicted octanol–water partition coefficient (Wildman–Crippen LogP) is 2.04. The highest BCUT2D eigenvalue weighted by molar-refractivity contribution is 5.69. The van der Waals surface area contributed by atoms with E-state index in [0.29, 0.717) is 43.9 Å². The van der Waals surface area contributed by atoms with E-state index >= 15 is 0 Å². The number of carbonyl (C=O) groups excluding carboxylic acids is 2. The summed E-state index contributed by atoms with van der Waals surface area (Å²) >= 11 is 0. The summed E-state index contributed by atoms with van der Waals surface area (Å²) in [6, 6.07) is 9.71. The number of carbonyl (C=O) groups is 2. The molecule has 0 spiro atoms. The lowest BCUT2D eigenvalue weighted by molar-refractivity contribution is -0.141. The van der Waals surface area contributed by atoms with Gasteiger partial charge in [0, 0.05) is 19.5 Å². The molecule has 2 heterocycles. The first-order valence-corrected chi connectivity index (χ1v) is 8.90. The minimum absolute atomic E-state index is 0.157. The van der Waals surface area contributed by atoms with Crippen molar-refractivity contribution in [3.8, 4) is 0 Å². The number of nitrogens with zero attached hydrogens (tertiary/aromatic N) is 1. The molecule has 25 heavy (non-hydrogen) atoms. The molecule has 0 saturated carbocycles. The standard InChI is InChI=1S/C19H26N2O4/c1-24-18(22)8-7-17-15-9-20-10-16(17)12-21(11-15)19(23)25-13-14-5-3-2-4-6-14/h2-6,15-17,20H,7-13H2,1H3. The van der Waals surface area contributed by atoms with E-state index in [9.17, 15) is 9.59 Å². The van der Waals surface area contributed by atoms with Crippen LogP contribution < -0.4 is 5.32 Å². The largest absolute Gasteiger partial charge is 0.469 e. The van der Waals surface area contributed by atoms with Gasteiger partial charge in [-0.25, -0.2) is 4.79 Å². The zero-order valence-electron chi connectivity index (χ0n) is 14.6. The van der Waals surface area contributed by atoms with Crippen LogP contribution in [0.3, 0.4) is 0 Å². The van der Waals surface area contributed by atoms with E-state index in [2.05, 4.69) is 5.32 Å². The topological polar surface area (TPSA) is 67.9 Å². The molecule has 2 unspecified atom stereocenters. The quantitative estimate of drug-likeness (QED) is 0.827. The molecule has 136 valence electrons. The third kappa shape index (κ3) is 4.51. The number of hydrogen-bond acceptors (Lipinski definition) is 5. The number of benzene rings is 1. The minimum Gasteiger partial charge on any atom is -0.469 e. The van der Waals surface area contributed by atoms with Crippen LogP contribution in [-0.2, 0) is 20.9 Å². The van der Waals surface area contributed by atoms with Crippen LogP contribution in [-0.4, -0.2) is 50.3 Å². The third-order valence-electron chi connectivity index (χ3n) is 5.31. The van der Waals surface area contributed by atoms with Crippen LogP contribution in [0.1, 0.15) is 18.4 Å². The lowest BCUT2D eigenvalue weighted by Gasteiger charge is -2.47. The summed E-state index contributed by atoms with van der Waals surface area (Å²) in [7, 11) is 1.43. The predicted molar refractivity (Wildman–Crippen MR) is 92.8 cm³/mol. The molecule has 2 aliphatic rings. The van der Waals surface area contributed by atoms with Gasteiger partial charge >= 0.3 is 12.1 Å². The van der Waals surface area contributed by atoms with Crippen molar-refractivity contribution in [3.05, 3.63) is 35.9 Å². The Hall–Kier alpha value is -2.08. The van der Waals surface area contributed by atoms with Crippen LogP contribution in [0.4, 0.5) is 4.79 Å². The maximum Gasteiger partial charge on any atom is 0.410 e. The minimum atomic E-state index is -0.243. The van der Waals surface area contributed by atoms with Crippen molar-refractivity contribution >= 4 is 12.1 Å². The van der Waals surface area contributed by atoms with Gasteiger partial charge in [-0.1, -0.05) is 30.3 Å². The summed E-state index contributed by atoms with van der Waals surface area (Å²) in [4.78, 5) is 25.7. The average Bonchev–Trinajstić information content (AvgIpc) is 2.64. The van der Waals surface area contributed by atoms with E-state index < -0.39 is 0 Å². The fourth-order valence-electron chi connectivity index (χ4n) is 4.00. The zero-order valence-corrected chi connectivity index (χ0v) is 14.6. The summed E-state index contributed by atoms with van der Waals surface area (Å²) in [5, 5.41) is 3.44. The number of hydrogen-bond donors (Lipinski definition) is 1. The Kier molecular flexibility index (Phi) is 5.91. The summed E-state index contributed by atoms with van der Waals surface area (Å²) in [6.45, 7) is 3.43. The Bertz CT molecular complexity index is 578. The molecule has 1 aromatic rings. The molecule has 2 fully saturated rings. The van der Waals surface area contributed by atoms with Crippen molar-refractivity contribution in [1.29, 1.82) is 0 Å². The van der Waals surface area contributed by atoms with Gasteiger partial charge in [0.2, 0.25) is 0 Å². The second-order valence-electron chi connectivity index (χ2n) is 6.90. The number of piperidine rings is 2. The number of rotatable bonds is 5. The number of fused-ring (bicyclic) bond motifs is 2. The Morgan fingerprint density at radius 3 is 2.48 bits per heavy atom. The number of likely N-dealkylation sites (tertiary alicyclic amines) is 1. The first-order valence-electron chi connectivity index (χ1n) is 8.90. The molecule has 1 aromatic carbocycles. The SMILES string of the molecule is COC(=O)CCC1C2CNCC1CN(C(=O)OCc1ccccc1)C2. The first kappa shape index (κ1) is 17.7. The van der Waals surface area contributed by atoms with Gasteiger partial charge in [-0.2, -0.15) is 0 Å². The van der Waals surface area contributed by atoms with Gasteiger partial charge in [0.15, 0.2) is 0 Å². The smallest absolute Gasteiger partial charge is 0.410 e. The summed E-state index contributed by atoms with van der Waals surface area (Å²) in [6.07, 6.45) is 1.04. The number of amides is 1. The molecular formula is C19H26N2O4. The van der Waals surface area contributed by atoms with Crippen molar-refractivity contribution < 1.29 is 19.1 Å². The molecule has 0 aliphatic carbocycles. The van der Waals surface area contributed by atoms with Gasteiger partial charge in [-0.05, 0) is 42.8 Å². The van der Waals surface area contributed by atoms with Crippen molar-refractivity contribution in [2.45, 2.75) is 19.4 Å². The van der Waals surface area contributed by atoms with Crippen LogP contribution in [0.25, 0.3) is 0 Å². The van der Waals surface area contributed by atoms with Crippen LogP contribution in [0, 0.1) is 17.8 Å². The summed E-state index contributed by atoms with van der Waals surface area (Å²) in [5.41, 5.74) is 0.991. The number of nitrogens with one attached hydrogen (secondary N) is 1. The van der Waals surface area contributed by atoms with Gasteiger partial charge in [-0.15, -0.1) is 0 Å². The molecule has 1 amide bonds. The van der Waals surface area contributed by atoms with Gasteiger partial charge < -0.3 is 19.7 Å². The molecule has 2 aliphatic heterocycles. The highest BCUT2D eigenvalue weighted by Gasteiger charge is 2.41. The maximum absolute atomic E-state index is 12.4. The Morgan fingerprint density at radius 1 is 1.16 bits per heavy atom. The molecule has 6 nitrogen and oxygen atoms in total. The average molecular weight is 346 g/mol. The number of esters is 1. The van der Waals surface area contributed by atoms with Crippen molar-refractivity contribution in [2.24, 2.45) is 17.8 Å². The molecule has 2 bridgehead atoms. The van der Waals surface area contributed by atoms with Crippen molar-refractivity contribution in [3.63, 3.8) is 0 Å². The van der Waals surface area contributed by atoms with Crippen molar-refractivity contribution in [2.75, 3.05) is 33.3 Å². The molecule has 2 saturated heterocycles. The van der Waals surface area contributed by atoms with Crippen LogP contribution in [0.5, 0.6) is 0 Å². The van der Waals surface area contributed by atoms with Crippen molar-refractivity contribution in [1.82, 2.24) is 10.2 Å². The molecule has 0 aromatic heterocycles. The van der Waals surface area contributed by atoms with E-state index in [1.807, 2.05) is 35.2 Å². The lowest BCUT2D eigenvalue weighted by atomic mass is 9.72. The Labute approximate surface area is 148 Å².